The van der Waals surface area contributed by atoms with Crippen molar-refractivity contribution in [3.63, 3.8) is 0 Å². The second kappa shape index (κ2) is 5.08. The molecule has 0 aromatic heterocycles. The van der Waals surface area contributed by atoms with Gasteiger partial charge in [0.1, 0.15) is 11.5 Å². The highest BCUT2D eigenvalue weighted by Crippen LogP contribution is 2.40. The maximum Gasteiger partial charge on any atom is 0.142 e. The Morgan fingerprint density at radius 2 is 1.05 bits per heavy atom. The summed E-state index contributed by atoms with van der Waals surface area (Å²) in [5.41, 5.74) is 5.20. The van der Waals surface area contributed by atoms with Gasteiger partial charge in [0.2, 0.25) is 0 Å². The molecule has 20 heavy (non-hydrogen) atoms. The van der Waals surface area contributed by atoms with Crippen LogP contribution in [0.15, 0.2) is 24.3 Å². The number of hydrogen-bond acceptors (Lipinski definition) is 3. The number of anilines is 2. The van der Waals surface area contributed by atoms with E-state index in [1.54, 1.807) is 0 Å². The van der Waals surface area contributed by atoms with Crippen molar-refractivity contribution in [1.29, 1.82) is 0 Å². The van der Waals surface area contributed by atoms with E-state index < -0.39 is 0 Å². The first-order valence-corrected chi connectivity index (χ1v) is 6.65. The average Bonchev–Trinajstić information content (AvgIpc) is 2.37. The minimum absolute atomic E-state index is 0.247. The monoisotopic (exact) mass is 271 g/mol. The molecular weight excluding hydrogens is 250 g/mol. The molecule has 0 atom stereocenters. The van der Waals surface area contributed by atoms with Crippen molar-refractivity contribution in [2.45, 2.75) is 27.7 Å². The van der Waals surface area contributed by atoms with Crippen molar-refractivity contribution < 1.29 is 10.2 Å². The molecule has 2 aromatic carbocycles. The lowest BCUT2D eigenvalue weighted by Gasteiger charge is -2.24. The van der Waals surface area contributed by atoms with Crippen LogP contribution in [0.1, 0.15) is 22.3 Å². The summed E-state index contributed by atoms with van der Waals surface area (Å²) in [6.07, 6.45) is 0. The van der Waals surface area contributed by atoms with E-state index in [0.717, 1.165) is 22.3 Å². The molecule has 0 radical (unpaired) electrons. The predicted molar refractivity (Wildman–Crippen MR) is 83.2 cm³/mol. The maximum atomic E-state index is 10.3. The first kappa shape index (κ1) is 14.3. The number of rotatable bonds is 2. The Bertz CT molecular complexity index is 605. The number of phenols is 2. The zero-order chi connectivity index (χ0) is 15.0. The summed E-state index contributed by atoms with van der Waals surface area (Å²) >= 11 is 0. The number of benzene rings is 2. The molecule has 3 heteroatoms. The summed E-state index contributed by atoms with van der Waals surface area (Å²) in [4.78, 5) is 1.82. The average molecular weight is 271 g/mol. The quantitative estimate of drug-likeness (QED) is 0.864. The fourth-order valence-electron chi connectivity index (χ4n) is 2.52. The molecule has 0 fully saturated rings. The Hall–Kier alpha value is -2.16. The van der Waals surface area contributed by atoms with Crippen LogP contribution in [-0.2, 0) is 0 Å². The molecule has 2 rings (SSSR count). The smallest absolute Gasteiger partial charge is 0.142 e. The molecule has 0 heterocycles. The van der Waals surface area contributed by atoms with Crippen molar-refractivity contribution in [3.8, 4) is 11.5 Å². The fourth-order valence-corrected chi connectivity index (χ4v) is 2.52. The Labute approximate surface area is 120 Å². The predicted octanol–water partition coefficient (Wildman–Crippen LogP) is 4.10. The maximum absolute atomic E-state index is 10.3. The fraction of sp³-hybridized carbons (Fsp3) is 0.294. The van der Waals surface area contributed by atoms with E-state index in [1.165, 1.54) is 0 Å². The molecule has 3 nitrogen and oxygen atoms in total. The van der Waals surface area contributed by atoms with Gasteiger partial charge in [-0.25, -0.2) is 0 Å². The Balaban J connectivity index is 2.60. The van der Waals surface area contributed by atoms with Crippen LogP contribution in [0.25, 0.3) is 0 Å². The third-order valence-corrected chi connectivity index (χ3v) is 3.57. The molecule has 2 aromatic rings. The Kier molecular flexibility index (Phi) is 3.62. The van der Waals surface area contributed by atoms with Gasteiger partial charge in [-0.05, 0) is 62.1 Å². The molecule has 0 bridgehead atoms. The van der Waals surface area contributed by atoms with E-state index >= 15 is 0 Å². The van der Waals surface area contributed by atoms with Gasteiger partial charge in [-0.15, -0.1) is 0 Å². The first-order valence-electron chi connectivity index (χ1n) is 6.65. The van der Waals surface area contributed by atoms with Gasteiger partial charge in [0.05, 0.1) is 11.4 Å². The highest BCUT2D eigenvalue weighted by Gasteiger charge is 2.16. The summed E-state index contributed by atoms with van der Waals surface area (Å²) in [7, 11) is 1.85. The number of hydrogen-bond donors (Lipinski definition) is 2. The van der Waals surface area contributed by atoms with E-state index in [-0.39, 0.29) is 11.5 Å². The topological polar surface area (TPSA) is 43.7 Å². The van der Waals surface area contributed by atoms with Gasteiger partial charge in [0.25, 0.3) is 0 Å². The minimum atomic E-state index is 0.247. The van der Waals surface area contributed by atoms with Crippen LogP contribution in [0, 0.1) is 27.7 Å². The lowest BCUT2D eigenvalue weighted by atomic mass is 10.1. The third-order valence-electron chi connectivity index (χ3n) is 3.57. The van der Waals surface area contributed by atoms with Crippen LogP contribution in [0.3, 0.4) is 0 Å². The third kappa shape index (κ3) is 2.44. The van der Waals surface area contributed by atoms with Crippen LogP contribution in [0.2, 0.25) is 0 Å². The van der Waals surface area contributed by atoms with Crippen molar-refractivity contribution in [2.24, 2.45) is 0 Å². The standard InChI is InChI=1S/C17H21NO2/c1-10-6-12(3)16(19)14(8-10)18(5)15-9-11(2)7-13(4)17(15)20/h6-9,19-20H,1-5H3. The summed E-state index contributed by atoms with van der Waals surface area (Å²) < 4.78 is 0. The molecule has 106 valence electrons. The van der Waals surface area contributed by atoms with Gasteiger partial charge in [-0.3, -0.25) is 0 Å². The van der Waals surface area contributed by atoms with E-state index in [2.05, 4.69) is 0 Å². The molecule has 0 aliphatic rings. The highest BCUT2D eigenvalue weighted by molar-refractivity contribution is 5.75. The lowest BCUT2D eigenvalue weighted by Crippen LogP contribution is -2.11. The van der Waals surface area contributed by atoms with E-state index in [9.17, 15) is 10.2 Å². The largest absolute Gasteiger partial charge is 0.505 e. The van der Waals surface area contributed by atoms with Crippen LogP contribution in [-0.4, -0.2) is 17.3 Å². The normalized spacial score (nSPS) is 10.7. The summed E-state index contributed by atoms with van der Waals surface area (Å²) in [6.45, 7) is 7.73. The van der Waals surface area contributed by atoms with Crippen molar-refractivity contribution >= 4 is 11.4 Å². The summed E-state index contributed by atoms with van der Waals surface area (Å²) in [6, 6.07) is 7.71. The summed E-state index contributed by atoms with van der Waals surface area (Å²) in [5, 5.41) is 20.5. The first-order chi connectivity index (χ1) is 9.31. The molecule has 2 N–H and O–H groups in total. The number of phenolic OH excluding ortho intramolecular Hbond substituents is 2. The van der Waals surface area contributed by atoms with Gasteiger partial charge in [-0.1, -0.05) is 12.1 Å². The van der Waals surface area contributed by atoms with Crippen LogP contribution >= 0.6 is 0 Å². The Morgan fingerprint density at radius 1 is 0.700 bits per heavy atom. The summed E-state index contributed by atoms with van der Waals surface area (Å²) in [5.74, 6) is 0.494. The van der Waals surface area contributed by atoms with Crippen molar-refractivity contribution in [3.05, 3.63) is 46.5 Å². The molecule has 0 amide bonds. The van der Waals surface area contributed by atoms with Gasteiger partial charge in [0, 0.05) is 7.05 Å². The molecular formula is C17H21NO2. The van der Waals surface area contributed by atoms with E-state index in [1.807, 2.05) is 63.9 Å². The van der Waals surface area contributed by atoms with Gasteiger partial charge < -0.3 is 15.1 Å². The van der Waals surface area contributed by atoms with Gasteiger partial charge in [0.15, 0.2) is 0 Å². The molecule has 0 unspecified atom stereocenters. The van der Waals surface area contributed by atoms with Crippen LogP contribution in [0.5, 0.6) is 11.5 Å². The van der Waals surface area contributed by atoms with E-state index in [4.69, 9.17) is 0 Å². The molecule has 0 aliphatic heterocycles. The van der Waals surface area contributed by atoms with E-state index in [0.29, 0.717) is 11.4 Å². The highest BCUT2D eigenvalue weighted by atomic mass is 16.3. The molecule has 0 aliphatic carbocycles. The number of aryl methyl sites for hydroxylation is 4. The number of aromatic hydroxyl groups is 2. The van der Waals surface area contributed by atoms with Gasteiger partial charge in [-0.2, -0.15) is 0 Å². The minimum Gasteiger partial charge on any atom is -0.505 e. The lowest BCUT2D eigenvalue weighted by molar-refractivity contribution is 0.467. The second-order valence-electron chi connectivity index (χ2n) is 5.46. The number of nitrogens with zero attached hydrogens (tertiary/aromatic N) is 1. The van der Waals surface area contributed by atoms with Crippen LogP contribution in [0.4, 0.5) is 11.4 Å². The SMILES string of the molecule is Cc1cc(C)c(O)c(N(C)c2cc(C)cc(C)c2O)c1. The zero-order valence-corrected chi connectivity index (χ0v) is 12.7. The van der Waals surface area contributed by atoms with Crippen molar-refractivity contribution in [2.75, 3.05) is 11.9 Å². The van der Waals surface area contributed by atoms with Gasteiger partial charge >= 0.3 is 0 Å². The molecule has 0 saturated heterocycles. The van der Waals surface area contributed by atoms with Crippen molar-refractivity contribution in [1.82, 2.24) is 0 Å². The zero-order valence-electron chi connectivity index (χ0n) is 12.7. The second-order valence-corrected chi connectivity index (χ2v) is 5.46. The van der Waals surface area contributed by atoms with Crippen LogP contribution < -0.4 is 4.90 Å². The molecule has 0 spiro atoms. The molecule has 0 saturated carbocycles. The Morgan fingerprint density at radius 3 is 1.40 bits per heavy atom.